The van der Waals surface area contributed by atoms with E-state index in [2.05, 4.69) is 20.6 Å². The number of carbonyl (C=O) groups excluding carboxylic acids is 2. The van der Waals surface area contributed by atoms with E-state index in [9.17, 15) is 9.59 Å². The molecule has 30 heavy (non-hydrogen) atoms. The first-order valence-corrected chi connectivity index (χ1v) is 9.85. The van der Waals surface area contributed by atoms with E-state index < -0.39 is 0 Å². The zero-order chi connectivity index (χ0) is 21.3. The van der Waals surface area contributed by atoms with E-state index in [1.807, 2.05) is 25.1 Å². The minimum atomic E-state index is -0.152. The number of nitrogens with zero attached hydrogens (tertiary/aromatic N) is 5. The van der Waals surface area contributed by atoms with Crippen molar-refractivity contribution in [1.29, 1.82) is 0 Å². The van der Waals surface area contributed by atoms with Gasteiger partial charge in [-0.1, -0.05) is 18.2 Å². The molecular weight excluding hydrogens is 384 g/mol. The average molecular weight is 408 g/mol. The van der Waals surface area contributed by atoms with E-state index in [0.29, 0.717) is 42.7 Å². The molecule has 1 aromatic carbocycles. The number of benzene rings is 1. The number of rotatable bonds is 5. The number of nitrogens with one attached hydrogen (secondary N) is 1. The highest BCUT2D eigenvalue weighted by atomic mass is 16.4. The van der Waals surface area contributed by atoms with Crippen LogP contribution in [0.3, 0.4) is 0 Å². The summed E-state index contributed by atoms with van der Waals surface area (Å²) in [6, 6.07) is 10.8. The monoisotopic (exact) mass is 408 g/mol. The zero-order valence-electron chi connectivity index (χ0n) is 17.2. The topological polar surface area (TPSA) is 106 Å². The van der Waals surface area contributed by atoms with Crippen LogP contribution in [0, 0.1) is 19.8 Å². The predicted octanol–water partition coefficient (Wildman–Crippen LogP) is 1.71. The molecule has 1 saturated heterocycles. The smallest absolute Gasteiger partial charge is 0.272 e. The summed E-state index contributed by atoms with van der Waals surface area (Å²) in [7, 11) is 1.76. The SMILES string of the molecule is Cc1cc(C(=O)N2C[C@H](CNC(=O)c3ccccc3)[C@@H](c3nnc(C)o3)C2)n(C)n1. The fourth-order valence-corrected chi connectivity index (χ4v) is 3.87. The molecule has 1 aliphatic heterocycles. The number of hydrogen-bond donors (Lipinski definition) is 1. The van der Waals surface area contributed by atoms with Gasteiger partial charge in [-0.3, -0.25) is 14.3 Å². The van der Waals surface area contributed by atoms with Gasteiger partial charge >= 0.3 is 0 Å². The standard InChI is InChI=1S/C21H24N6O3/c1-13-9-18(26(3)25-13)21(29)27-11-16(17(12-27)20-24-23-14(2)30-20)10-22-19(28)15-7-5-4-6-8-15/h4-9,16-17H,10-12H2,1-3H3,(H,22,28)/t16-,17-/m0/s1. The van der Waals surface area contributed by atoms with E-state index in [1.165, 1.54) is 0 Å². The summed E-state index contributed by atoms with van der Waals surface area (Å²) in [6.45, 7) is 4.90. The maximum absolute atomic E-state index is 13.1. The number of likely N-dealkylation sites (tertiary alicyclic amines) is 1. The molecule has 1 N–H and O–H groups in total. The lowest BCUT2D eigenvalue weighted by Crippen LogP contribution is -2.34. The Balaban J connectivity index is 1.51. The van der Waals surface area contributed by atoms with E-state index >= 15 is 0 Å². The lowest BCUT2D eigenvalue weighted by atomic mass is 9.96. The summed E-state index contributed by atoms with van der Waals surface area (Å²) in [6.07, 6.45) is 0. The molecule has 2 atom stereocenters. The molecule has 156 valence electrons. The number of hydrogen-bond acceptors (Lipinski definition) is 6. The van der Waals surface area contributed by atoms with Crippen LogP contribution in [0.1, 0.15) is 44.2 Å². The number of carbonyl (C=O) groups is 2. The third kappa shape index (κ3) is 3.96. The van der Waals surface area contributed by atoms with Crippen molar-refractivity contribution in [3.63, 3.8) is 0 Å². The van der Waals surface area contributed by atoms with Gasteiger partial charge in [-0.2, -0.15) is 5.10 Å². The van der Waals surface area contributed by atoms with Gasteiger partial charge in [0, 0.05) is 45.1 Å². The third-order valence-electron chi connectivity index (χ3n) is 5.37. The fraction of sp³-hybridized carbons (Fsp3) is 0.381. The fourth-order valence-electron chi connectivity index (χ4n) is 3.87. The summed E-state index contributed by atoms with van der Waals surface area (Å²) in [5.41, 5.74) is 1.91. The van der Waals surface area contributed by atoms with Crippen LogP contribution < -0.4 is 5.32 Å². The Morgan fingerprint density at radius 1 is 1.17 bits per heavy atom. The summed E-state index contributed by atoms with van der Waals surface area (Å²) >= 11 is 0. The number of amides is 2. The van der Waals surface area contributed by atoms with Crippen LogP contribution in [-0.2, 0) is 7.05 Å². The summed E-state index contributed by atoms with van der Waals surface area (Å²) < 4.78 is 7.25. The van der Waals surface area contributed by atoms with Crippen molar-refractivity contribution >= 4 is 11.8 Å². The van der Waals surface area contributed by atoms with E-state index in [0.717, 1.165) is 5.69 Å². The second-order valence-corrected chi connectivity index (χ2v) is 7.61. The molecule has 0 radical (unpaired) electrons. The highest BCUT2D eigenvalue weighted by molar-refractivity contribution is 5.94. The minimum Gasteiger partial charge on any atom is -0.425 e. The summed E-state index contributed by atoms with van der Waals surface area (Å²) in [5.74, 6) is 0.516. The van der Waals surface area contributed by atoms with Crippen molar-refractivity contribution in [3.05, 3.63) is 65.1 Å². The maximum atomic E-state index is 13.1. The van der Waals surface area contributed by atoms with Crippen molar-refractivity contribution < 1.29 is 14.0 Å². The molecule has 0 aliphatic carbocycles. The molecule has 0 saturated carbocycles. The largest absolute Gasteiger partial charge is 0.425 e. The van der Waals surface area contributed by atoms with Crippen molar-refractivity contribution in [2.24, 2.45) is 13.0 Å². The molecule has 3 aromatic rings. The molecule has 0 bridgehead atoms. The van der Waals surface area contributed by atoms with Gasteiger partial charge in [0.15, 0.2) is 0 Å². The summed E-state index contributed by atoms with van der Waals surface area (Å²) in [4.78, 5) is 27.3. The van der Waals surface area contributed by atoms with Crippen LogP contribution in [0.2, 0.25) is 0 Å². The Hall–Kier alpha value is -3.49. The van der Waals surface area contributed by atoms with Crippen molar-refractivity contribution in [1.82, 2.24) is 30.2 Å². The molecule has 2 amide bonds. The second-order valence-electron chi connectivity index (χ2n) is 7.61. The average Bonchev–Trinajstić information content (AvgIpc) is 3.44. The van der Waals surface area contributed by atoms with Crippen molar-refractivity contribution in [3.8, 4) is 0 Å². The molecule has 1 aliphatic rings. The summed E-state index contributed by atoms with van der Waals surface area (Å²) in [5, 5.41) is 15.3. The second kappa shape index (κ2) is 8.10. The molecule has 0 spiro atoms. The molecule has 9 heteroatoms. The van der Waals surface area contributed by atoms with Gasteiger partial charge in [-0.05, 0) is 25.1 Å². The molecule has 2 aromatic heterocycles. The zero-order valence-corrected chi connectivity index (χ0v) is 17.2. The van der Waals surface area contributed by atoms with E-state index in [4.69, 9.17) is 4.42 Å². The van der Waals surface area contributed by atoms with Crippen molar-refractivity contribution in [2.45, 2.75) is 19.8 Å². The molecule has 4 rings (SSSR count). The molecular formula is C21H24N6O3. The highest BCUT2D eigenvalue weighted by Gasteiger charge is 2.40. The van der Waals surface area contributed by atoms with Crippen LogP contribution in [0.5, 0.6) is 0 Å². The van der Waals surface area contributed by atoms with Gasteiger partial charge in [-0.15, -0.1) is 10.2 Å². The molecule has 1 fully saturated rings. The Labute approximate surface area is 174 Å². The van der Waals surface area contributed by atoms with Crippen LogP contribution in [0.25, 0.3) is 0 Å². The van der Waals surface area contributed by atoms with Crippen molar-refractivity contribution in [2.75, 3.05) is 19.6 Å². The predicted molar refractivity (Wildman–Crippen MR) is 108 cm³/mol. The van der Waals surface area contributed by atoms with Crippen LogP contribution >= 0.6 is 0 Å². The van der Waals surface area contributed by atoms with E-state index in [-0.39, 0.29) is 23.7 Å². The first-order valence-electron chi connectivity index (χ1n) is 9.85. The van der Waals surface area contributed by atoms with Gasteiger partial charge in [0.25, 0.3) is 11.8 Å². The van der Waals surface area contributed by atoms with Crippen LogP contribution in [0.15, 0.2) is 40.8 Å². The molecule has 9 nitrogen and oxygen atoms in total. The van der Waals surface area contributed by atoms with Crippen LogP contribution in [-0.4, -0.2) is 56.3 Å². The third-order valence-corrected chi connectivity index (χ3v) is 5.37. The first kappa shape index (κ1) is 19.8. The van der Waals surface area contributed by atoms with Gasteiger partial charge in [0.1, 0.15) is 5.69 Å². The highest BCUT2D eigenvalue weighted by Crippen LogP contribution is 2.32. The lowest BCUT2D eigenvalue weighted by Gasteiger charge is -2.16. The number of aryl methyl sites for hydroxylation is 3. The van der Waals surface area contributed by atoms with E-state index in [1.54, 1.807) is 41.8 Å². The van der Waals surface area contributed by atoms with Gasteiger partial charge in [0.2, 0.25) is 11.8 Å². The molecule has 3 heterocycles. The Bertz CT molecular complexity index is 1060. The number of aromatic nitrogens is 4. The quantitative estimate of drug-likeness (QED) is 0.689. The Kier molecular flexibility index (Phi) is 5.35. The normalized spacial score (nSPS) is 18.6. The Morgan fingerprint density at radius 3 is 2.57 bits per heavy atom. The maximum Gasteiger partial charge on any atom is 0.272 e. The van der Waals surface area contributed by atoms with Crippen LogP contribution in [0.4, 0.5) is 0 Å². The lowest BCUT2D eigenvalue weighted by molar-refractivity contribution is 0.0774. The molecule has 0 unspecified atom stereocenters. The Morgan fingerprint density at radius 2 is 1.93 bits per heavy atom. The van der Waals surface area contributed by atoms with Gasteiger partial charge < -0.3 is 14.6 Å². The minimum absolute atomic E-state index is 0.0456. The first-order chi connectivity index (χ1) is 14.4. The van der Waals surface area contributed by atoms with Gasteiger partial charge in [-0.25, -0.2) is 0 Å². The van der Waals surface area contributed by atoms with Gasteiger partial charge in [0.05, 0.1) is 11.6 Å².